The number of hydrogen-bond donors (Lipinski definition) is 2. The molecule has 1 aliphatic rings. The standard InChI is InChI=1S/C18H15F3N4O4S/c19-18(20,21)12-3-1-2-11(8-12)16(17-22-10-23-24-17)25-30(26,27)13-4-5-14-15(9-13)29-7-6-28-14/h1-5,8-10,16,25H,6-7H2,(H,22,23,24)/t16-/m0/s1. The van der Waals surface area contributed by atoms with Gasteiger partial charge >= 0.3 is 6.18 Å². The van der Waals surface area contributed by atoms with Crippen LogP contribution in [0.5, 0.6) is 11.5 Å². The van der Waals surface area contributed by atoms with Crippen LogP contribution in [0.4, 0.5) is 13.2 Å². The number of halogens is 3. The third kappa shape index (κ3) is 4.09. The summed E-state index contributed by atoms with van der Waals surface area (Å²) in [6, 6.07) is 7.16. The molecular weight excluding hydrogens is 425 g/mol. The fraction of sp³-hybridized carbons (Fsp3) is 0.222. The van der Waals surface area contributed by atoms with E-state index in [1.807, 2.05) is 0 Å². The number of benzene rings is 2. The van der Waals surface area contributed by atoms with Gasteiger partial charge in [0.15, 0.2) is 11.5 Å². The minimum absolute atomic E-state index is 0.0374. The third-order valence-corrected chi connectivity index (χ3v) is 5.77. The highest BCUT2D eigenvalue weighted by Gasteiger charge is 2.32. The number of H-pyrrole nitrogens is 1. The van der Waals surface area contributed by atoms with E-state index in [0.717, 1.165) is 18.5 Å². The summed E-state index contributed by atoms with van der Waals surface area (Å²) in [5.41, 5.74) is -0.870. The molecule has 1 aromatic heterocycles. The Morgan fingerprint density at radius 2 is 1.83 bits per heavy atom. The van der Waals surface area contributed by atoms with Gasteiger partial charge in [-0.15, -0.1) is 0 Å². The largest absolute Gasteiger partial charge is 0.486 e. The van der Waals surface area contributed by atoms with Gasteiger partial charge in [0, 0.05) is 6.07 Å². The topological polar surface area (TPSA) is 106 Å². The van der Waals surface area contributed by atoms with E-state index >= 15 is 0 Å². The first-order chi connectivity index (χ1) is 14.2. The van der Waals surface area contributed by atoms with Crippen LogP contribution in [0.1, 0.15) is 23.0 Å². The molecule has 8 nitrogen and oxygen atoms in total. The number of ether oxygens (including phenoxy) is 2. The minimum atomic E-state index is -4.59. The van der Waals surface area contributed by atoms with E-state index in [0.29, 0.717) is 12.4 Å². The molecule has 0 saturated carbocycles. The molecule has 30 heavy (non-hydrogen) atoms. The number of aromatic nitrogens is 3. The van der Waals surface area contributed by atoms with Crippen LogP contribution in [0.25, 0.3) is 0 Å². The average molecular weight is 440 g/mol. The molecule has 0 saturated heterocycles. The van der Waals surface area contributed by atoms with E-state index < -0.39 is 27.8 Å². The molecule has 0 radical (unpaired) electrons. The molecule has 0 amide bonds. The molecule has 0 fully saturated rings. The van der Waals surface area contributed by atoms with Crippen molar-refractivity contribution in [3.63, 3.8) is 0 Å². The third-order valence-electron chi connectivity index (χ3n) is 4.35. The van der Waals surface area contributed by atoms with Crippen LogP contribution in [-0.2, 0) is 16.2 Å². The number of alkyl halides is 3. The highest BCUT2D eigenvalue weighted by Crippen LogP contribution is 2.34. The highest BCUT2D eigenvalue weighted by molar-refractivity contribution is 7.89. The summed E-state index contributed by atoms with van der Waals surface area (Å²) in [6.45, 7) is 0.620. The molecule has 0 aliphatic carbocycles. The van der Waals surface area contributed by atoms with E-state index in [9.17, 15) is 21.6 Å². The first kappa shape index (κ1) is 20.2. The van der Waals surface area contributed by atoms with Crippen LogP contribution in [0, 0.1) is 0 Å². The predicted octanol–water partition coefficient (Wildman–Crippen LogP) is 2.66. The molecule has 1 atom stereocenters. The molecular formula is C18H15F3N4O4S. The fourth-order valence-corrected chi connectivity index (χ4v) is 4.15. The molecule has 12 heteroatoms. The molecule has 0 unspecified atom stereocenters. The number of rotatable bonds is 5. The zero-order valence-electron chi connectivity index (χ0n) is 15.2. The van der Waals surface area contributed by atoms with Crippen LogP contribution >= 0.6 is 0 Å². The molecule has 2 aromatic carbocycles. The number of fused-ring (bicyclic) bond motifs is 1. The van der Waals surface area contributed by atoms with Gasteiger partial charge in [-0.3, -0.25) is 5.10 Å². The lowest BCUT2D eigenvalue weighted by atomic mass is 10.0. The Kier molecular flexibility index (Phi) is 5.12. The van der Waals surface area contributed by atoms with Crippen molar-refractivity contribution in [1.82, 2.24) is 19.9 Å². The van der Waals surface area contributed by atoms with E-state index in [4.69, 9.17) is 9.47 Å². The summed E-state index contributed by atoms with van der Waals surface area (Å²) in [5.74, 6) is 0.708. The van der Waals surface area contributed by atoms with Crippen molar-refractivity contribution in [2.75, 3.05) is 13.2 Å². The van der Waals surface area contributed by atoms with E-state index in [-0.39, 0.29) is 28.6 Å². The van der Waals surface area contributed by atoms with Gasteiger partial charge in [-0.2, -0.15) is 23.0 Å². The molecule has 2 N–H and O–H groups in total. The summed E-state index contributed by atoms with van der Waals surface area (Å²) in [7, 11) is -4.17. The van der Waals surface area contributed by atoms with Gasteiger partial charge in [0.1, 0.15) is 31.4 Å². The lowest BCUT2D eigenvalue weighted by Gasteiger charge is -2.21. The van der Waals surface area contributed by atoms with E-state index in [2.05, 4.69) is 19.9 Å². The maximum absolute atomic E-state index is 13.1. The maximum Gasteiger partial charge on any atom is 0.416 e. The summed E-state index contributed by atoms with van der Waals surface area (Å²) < 4.78 is 78.6. The van der Waals surface area contributed by atoms with Gasteiger partial charge in [0.2, 0.25) is 10.0 Å². The molecule has 4 rings (SSSR count). The van der Waals surface area contributed by atoms with Gasteiger partial charge in [-0.05, 0) is 29.8 Å². The van der Waals surface area contributed by atoms with Crippen molar-refractivity contribution in [2.24, 2.45) is 0 Å². The highest BCUT2D eigenvalue weighted by atomic mass is 32.2. The smallest absolute Gasteiger partial charge is 0.416 e. The van der Waals surface area contributed by atoms with Gasteiger partial charge in [0.05, 0.1) is 10.5 Å². The van der Waals surface area contributed by atoms with Gasteiger partial charge < -0.3 is 9.47 Å². The monoisotopic (exact) mass is 440 g/mol. The SMILES string of the molecule is O=S(=O)(N[C@@H](c1cccc(C(F)(F)F)c1)c1ncn[nH]1)c1ccc2c(c1)OCCO2. The minimum Gasteiger partial charge on any atom is -0.486 e. The van der Waals surface area contributed by atoms with Crippen LogP contribution in [-0.4, -0.2) is 36.8 Å². The van der Waals surface area contributed by atoms with Crippen molar-refractivity contribution < 1.29 is 31.1 Å². The Hall–Kier alpha value is -3.12. The van der Waals surface area contributed by atoms with E-state index in [1.165, 1.54) is 30.3 Å². The summed E-state index contributed by atoms with van der Waals surface area (Å²) in [6.07, 6.45) is -3.45. The predicted molar refractivity (Wildman–Crippen MR) is 97.4 cm³/mol. The van der Waals surface area contributed by atoms with Crippen molar-refractivity contribution >= 4 is 10.0 Å². The zero-order chi connectivity index (χ0) is 21.4. The van der Waals surface area contributed by atoms with Crippen molar-refractivity contribution in [2.45, 2.75) is 17.1 Å². The molecule has 0 bridgehead atoms. The number of nitrogens with zero attached hydrogens (tertiary/aromatic N) is 2. The Morgan fingerprint density at radius 1 is 1.07 bits per heavy atom. The van der Waals surface area contributed by atoms with Crippen molar-refractivity contribution in [3.05, 3.63) is 65.7 Å². The number of nitrogens with one attached hydrogen (secondary N) is 2. The number of aromatic amines is 1. The second-order valence-electron chi connectivity index (χ2n) is 6.35. The van der Waals surface area contributed by atoms with Crippen LogP contribution < -0.4 is 14.2 Å². The van der Waals surface area contributed by atoms with Crippen LogP contribution in [0.15, 0.2) is 53.7 Å². The molecule has 0 spiro atoms. The summed E-state index contributed by atoms with van der Waals surface area (Å²) >= 11 is 0. The van der Waals surface area contributed by atoms with Crippen LogP contribution in [0.2, 0.25) is 0 Å². The first-order valence-electron chi connectivity index (χ1n) is 8.68. The second kappa shape index (κ2) is 7.61. The first-order valence-corrected chi connectivity index (χ1v) is 10.2. The molecule has 1 aliphatic heterocycles. The molecule has 2 heterocycles. The summed E-state index contributed by atoms with van der Waals surface area (Å²) in [4.78, 5) is 3.78. The van der Waals surface area contributed by atoms with Gasteiger partial charge in [-0.25, -0.2) is 13.4 Å². The van der Waals surface area contributed by atoms with Crippen molar-refractivity contribution in [1.29, 1.82) is 0 Å². The molecule has 3 aromatic rings. The normalized spacial score (nSPS) is 15.0. The Bertz CT molecular complexity index is 1150. The van der Waals surface area contributed by atoms with Crippen LogP contribution in [0.3, 0.4) is 0 Å². The van der Waals surface area contributed by atoms with E-state index in [1.54, 1.807) is 0 Å². The quantitative estimate of drug-likeness (QED) is 0.632. The lowest BCUT2D eigenvalue weighted by Crippen LogP contribution is -2.30. The number of sulfonamides is 1. The van der Waals surface area contributed by atoms with Crippen molar-refractivity contribution in [3.8, 4) is 11.5 Å². The number of hydrogen-bond acceptors (Lipinski definition) is 6. The fourth-order valence-electron chi connectivity index (χ4n) is 2.94. The average Bonchev–Trinajstić information content (AvgIpc) is 3.26. The Morgan fingerprint density at radius 3 is 2.53 bits per heavy atom. The molecule has 158 valence electrons. The Balaban J connectivity index is 1.71. The lowest BCUT2D eigenvalue weighted by molar-refractivity contribution is -0.137. The maximum atomic E-state index is 13.1. The summed E-state index contributed by atoms with van der Waals surface area (Å²) in [5, 5.41) is 6.17. The zero-order valence-corrected chi connectivity index (χ0v) is 16.0. The van der Waals surface area contributed by atoms with Gasteiger partial charge in [0.25, 0.3) is 0 Å². The second-order valence-corrected chi connectivity index (χ2v) is 8.07. The Labute approximate surface area is 169 Å². The van der Waals surface area contributed by atoms with Gasteiger partial charge in [-0.1, -0.05) is 12.1 Å².